The maximum atomic E-state index is 11.9. The van der Waals surface area contributed by atoms with Crippen LogP contribution in [0.3, 0.4) is 0 Å². The number of aliphatic hydroxyl groups is 2. The second kappa shape index (κ2) is 20.7. The number of hydrogen-bond donors (Lipinski definition) is 2. The SMILES string of the molecule is C[n+]1ccc(C(O)(C#Cc2ccc(C#Cc3ccc(C#CC#Cc4ccc(C#Cc5ccc(C#CC(O)(c6cc[n+](C)cc6)c6cc[n+](C)cc6)cc5)cc4)cc3)cc2)c2cc[n+](C)cc2)cc1. The lowest BCUT2D eigenvalue weighted by Gasteiger charge is -2.22. The Balaban J connectivity index is 0.855. The van der Waals surface area contributed by atoms with E-state index in [0.29, 0.717) is 22.3 Å². The third-order valence-electron chi connectivity index (χ3n) is 11.1. The van der Waals surface area contributed by atoms with Crippen molar-refractivity contribution in [3.05, 3.63) is 262 Å². The summed E-state index contributed by atoms with van der Waals surface area (Å²) in [7, 11) is 7.75. The van der Waals surface area contributed by atoms with Crippen LogP contribution in [0.4, 0.5) is 0 Å². The highest BCUT2D eigenvalue weighted by atomic mass is 16.3. The number of rotatable bonds is 4. The van der Waals surface area contributed by atoms with E-state index in [0.717, 1.165) is 44.5 Å². The molecule has 4 aromatic carbocycles. The van der Waals surface area contributed by atoms with Gasteiger partial charge in [-0.3, -0.25) is 0 Å². The number of pyridine rings is 4. The Morgan fingerprint density at radius 2 is 0.441 bits per heavy atom. The fourth-order valence-electron chi connectivity index (χ4n) is 6.96. The van der Waals surface area contributed by atoms with E-state index in [1.54, 1.807) is 0 Å². The zero-order valence-corrected chi connectivity index (χ0v) is 38.2. The smallest absolute Gasteiger partial charge is 0.178 e. The topological polar surface area (TPSA) is 56.0 Å². The van der Waals surface area contributed by atoms with Crippen molar-refractivity contribution in [3.63, 3.8) is 0 Å². The molecule has 8 aromatic rings. The van der Waals surface area contributed by atoms with Gasteiger partial charge in [-0.25, -0.2) is 18.3 Å². The van der Waals surface area contributed by atoms with Crippen LogP contribution in [-0.4, -0.2) is 10.2 Å². The summed E-state index contributed by atoms with van der Waals surface area (Å²) < 4.78 is 7.69. The van der Waals surface area contributed by atoms with E-state index in [2.05, 4.69) is 71.0 Å². The van der Waals surface area contributed by atoms with Crippen LogP contribution in [0.15, 0.2) is 195 Å². The van der Waals surface area contributed by atoms with Gasteiger partial charge in [-0.2, -0.15) is 0 Å². The average molecular weight is 879 g/mol. The lowest BCUT2D eigenvalue weighted by Crippen LogP contribution is -2.32. The average Bonchev–Trinajstić information content (AvgIpc) is 3.37. The summed E-state index contributed by atoms with van der Waals surface area (Å²) in [5.74, 6) is 37.6. The molecule has 0 aliphatic carbocycles. The molecule has 0 spiro atoms. The van der Waals surface area contributed by atoms with Crippen LogP contribution in [0.25, 0.3) is 0 Å². The minimum Gasteiger partial charge on any atom is -0.369 e. The van der Waals surface area contributed by atoms with E-state index in [4.69, 9.17) is 0 Å². The maximum absolute atomic E-state index is 11.9. The van der Waals surface area contributed by atoms with Gasteiger partial charge in [0, 0.05) is 115 Å². The molecular weight excluding hydrogens is 833 g/mol. The molecule has 0 aliphatic heterocycles. The van der Waals surface area contributed by atoms with Gasteiger partial charge in [-0.1, -0.05) is 59.2 Å². The van der Waals surface area contributed by atoms with E-state index < -0.39 is 11.2 Å². The van der Waals surface area contributed by atoms with Gasteiger partial charge in [0.15, 0.2) is 60.8 Å². The van der Waals surface area contributed by atoms with Gasteiger partial charge in [-0.05, 0) is 109 Å². The molecule has 8 rings (SSSR count). The molecule has 4 aromatic heterocycles. The lowest BCUT2D eigenvalue weighted by molar-refractivity contribution is -0.671. The largest absolute Gasteiger partial charge is 0.369 e. The molecule has 0 saturated heterocycles. The van der Waals surface area contributed by atoms with Crippen molar-refractivity contribution < 1.29 is 28.5 Å². The minimum absolute atomic E-state index is 0.696. The Hall–Kier alpha value is -9.24. The summed E-state index contributed by atoms with van der Waals surface area (Å²) >= 11 is 0. The first kappa shape index (κ1) is 45.3. The van der Waals surface area contributed by atoms with E-state index in [9.17, 15) is 10.2 Å². The number of hydrogen-bond acceptors (Lipinski definition) is 2. The first-order valence-corrected chi connectivity index (χ1v) is 21.8. The molecular formula is C62H46N4O2+4. The third kappa shape index (κ3) is 11.5. The Morgan fingerprint density at radius 1 is 0.265 bits per heavy atom. The van der Waals surface area contributed by atoms with Gasteiger partial charge in [-0.15, -0.1) is 0 Å². The van der Waals surface area contributed by atoms with Crippen LogP contribution in [-0.2, 0) is 39.4 Å². The zero-order valence-electron chi connectivity index (χ0n) is 38.2. The van der Waals surface area contributed by atoms with Crippen molar-refractivity contribution in [1.82, 2.24) is 0 Å². The second-order valence-corrected chi connectivity index (χ2v) is 16.2. The molecule has 0 unspecified atom stereocenters. The van der Waals surface area contributed by atoms with E-state index in [1.807, 2.05) is 242 Å². The fourth-order valence-corrected chi connectivity index (χ4v) is 6.96. The number of nitrogens with zero attached hydrogens (tertiary/aromatic N) is 4. The van der Waals surface area contributed by atoms with Gasteiger partial charge < -0.3 is 10.2 Å². The Morgan fingerprint density at radius 3 is 0.647 bits per heavy atom. The Bertz CT molecular complexity index is 3140. The summed E-state index contributed by atoms with van der Waals surface area (Å²) in [4.78, 5) is 0. The van der Waals surface area contributed by atoms with Crippen LogP contribution in [0.1, 0.15) is 66.8 Å². The quantitative estimate of drug-likeness (QED) is 0.175. The van der Waals surface area contributed by atoms with Crippen LogP contribution >= 0.6 is 0 Å². The molecule has 2 N–H and O–H groups in total. The summed E-state index contributed by atoms with van der Waals surface area (Å²) in [5.41, 5.74) is 6.51. The van der Waals surface area contributed by atoms with Gasteiger partial charge in [0.05, 0.1) is 0 Å². The molecule has 0 atom stereocenters. The predicted molar refractivity (Wildman–Crippen MR) is 262 cm³/mol. The van der Waals surface area contributed by atoms with Gasteiger partial charge >= 0.3 is 0 Å². The standard InChI is InChI=1S/C62H46N4O2/c1-63-41-31-57(32-42-63)61(67,58-33-43-64(2)44-34-58)39-29-55-25-21-53(22-26-55)19-17-51-13-9-49(10-14-51)7-5-6-8-50-11-15-52(16-12-50)18-20-54-23-27-56(28-24-54)30-40-62(68,59-35-45-65(3)46-36-59)60-37-47-66(4)48-38-60/h9-16,21-28,31-38,41-48,67-68H,1-4H3/q+4. The van der Waals surface area contributed by atoms with E-state index in [1.165, 1.54) is 0 Å². The van der Waals surface area contributed by atoms with Crippen molar-refractivity contribution in [2.24, 2.45) is 28.2 Å². The van der Waals surface area contributed by atoms with Crippen LogP contribution < -0.4 is 18.3 Å². The number of aryl methyl sites for hydroxylation is 4. The first-order chi connectivity index (χ1) is 33.0. The molecule has 0 aliphatic rings. The highest BCUT2D eigenvalue weighted by molar-refractivity contribution is 5.53. The van der Waals surface area contributed by atoms with Gasteiger partial charge in [0.2, 0.25) is 0 Å². The van der Waals surface area contributed by atoms with Crippen LogP contribution in [0, 0.1) is 71.0 Å². The molecule has 4 heterocycles. The molecule has 0 saturated carbocycles. The minimum atomic E-state index is -1.48. The fraction of sp³-hybridized carbons (Fsp3) is 0.0968. The van der Waals surface area contributed by atoms with E-state index in [-0.39, 0.29) is 0 Å². The number of aromatic nitrogens is 4. The summed E-state index contributed by atoms with van der Waals surface area (Å²) in [5, 5.41) is 23.7. The third-order valence-corrected chi connectivity index (χ3v) is 11.1. The Kier molecular flexibility index (Phi) is 13.8. The molecule has 6 nitrogen and oxygen atoms in total. The molecule has 0 amide bonds. The summed E-state index contributed by atoms with van der Waals surface area (Å²) in [6.45, 7) is 0. The maximum Gasteiger partial charge on any atom is 0.178 e. The highest BCUT2D eigenvalue weighted by Gasteiger charge is 2.32. The Labute approximate surface area is 399 Å². The summed E-state index contributed by atoms with van der Waals surface area (Å²) in [6.07, 6.45) is 15.2. The van der Waals surface area contributed by atoms with Gasteiger partial charge in [0.25, 0.3) is 0 Å². The monoisotopic (exact) mass is 878 g/mol. The molecule has 322 valence electrons. The molecule has 0 radical (unpaired) electrons. The lowest BCUT2D eigenvalue weighted by atomic mass is 9.87. The second-order valence-electron chi connectivity index (χ2n) is 16.2. The van der Waals surface area contributed by atoms with Crippen molar-refractivity contribution in [2.75, 3.05) is 0 Å². The molecule has 68 heavy (non-hydrogen) atoms. The molecule has 0 bridgehead atoms. The molecule has 0 fully saturated rings. The molecule has 6 heteroatoms. The highest BCUT2D eigenvalue weighted by Crippen LogP contribution is 2.29. The van der Waals surface area contributed by atoms with Crippen LogP contribution in [0.2, 0.25) is 0 Å². The number of benzene rings is 4. The van der Waals surface area contributed by atoms with Crippen molar-refractivity contribution >= 4 is 0 Å². The predicted octanol–water partition coefficient (Wildman–Crippen LogP) is 5.76. The first-order valence-electron chi connectivity index (χ1n) is 21.8. The van der Waals surface area contributed by atoms with Crippen molar-refractivity contribution in [2.45, 2.75) is 11.2 Å². The van der Waals surface area contributed by atoms with E-state index >= 15 is 0 Å². The van der Waals surface area contributed by atoms with Crippen molar-refractivity contribution in [3.8, 4) is 71.0 Å². The normalized spacial score (nSPS) is 10.4. The van der Waals surface area contributed by atoms with Crippen LogP contribution in [0.5, 0.6) is 0 Å². The zero-order chi connectivity index (χ0) is 47.4. The summed E-state index contributed by atoms with van der Waals surface area (Å²) in [6, 6.07) is 46.0. The van der Waals surface area contributed by atoms with Crippen molar-refractivity contribution in [1.29, 1.82) is 0 Å². The van der Waals surface area contributed by atoms with Gasteiger partial charge in [0.1, 0.15) is 28.2 Å².